The van der Waals surface area contributed by atoms with Crippen molar-refractivity contribution in [3.63, 3.8) is 0 Å². The van der Waals surface area contributed by atoms with Gasteiger partial charge in [-0.05, 0) is 0 Å². The molecule has 118 valence electrons. The molecule has 1 saturated heterocycles. The fraction of sp³-hybridized carbons (Fsp3) is 0.929. The SMILES string of the molecule is C[N+](C)(C)CCSC(=O)CC1OC1SCC[N+](C)(C)C. The van der Waals surface area contributed by atoms with E-state index in [0.29, 0.717) is 6.42 Å². The first kappa shape index (κ1) is 18.3. The molecular formula is C14H30N2O2S2+2. The molecule has 1 aliphatic rings. The molecule has 0 amide bonds. The summed E-state index contributed by atoms with van der Waals surface area (Å²) in [5, 5.41) is 0.276. The maximum Gasteiger partial charge on any atom is 0.191 e. The van der Waals surface area contributed by atoms with Gasteiger partial charge >= 0.3 is 0 Å². The number of hydrogen-bond acceptors (Lipinski definition) is 4. The molecule has 0 saturated carbocycles. The van der Waals surface area contributed by atoms with E-state index in [2.05, 4.69) is 42.3 Å². The second kappa shape index (κ2) is 7.49. The third-order valence-electron chi connectivity index (χ3n) is 2.97. The Kier molecular flexibility index (Phi) is 6.86. The second-order valence-electron chi connectivity index (χ2n) is 7.37. The van der Waals surface area contributed by atoms with E-state index >= 15 is 0 Å². The summed E-state index contributed by atoms with van der Waals surface area (Å²) in [6.45, 7) is 2.15. The highest BCUT2D eigenvalue weighted by atomic mass is 32.2. The predicted octanol–water partition coefficient (Wildman–Crippen LogP) is 1.51. The lowest BCUT2D eigenvalue weighted by Crippen LogP contribution is -2.36. The molecule has 6 heteroatoms. The summed E-state index contributed by atoms with van der Waals surface area (Å²) >= 11 is 3.30. The Morgan fingerprint density at radius 2 is 1.55 bits per heavy atom. The van der Waals surface area contributed by atoms with Crippen molar-refractivity contribution in [1.29, 1.82) is 0 Å². The fourth-order valence-electron chi connectivity index (χ4n) is 1.52. The molecule has 0 aromatic rings. The second-order valence-corrected chi connectivity index (χ2v) is 9.72. The molecule has 2 atom stereocenters. The van der Waals surface area contributed by atoms with Crippen molar-refractivity contribution in [2.75, 3.05) is 66.9 Å². The Balaban J connectivity index is 2.05. The molecule has 0 N–H and O–H groups in total. The van der Waals surface area contributed by atoms with Crippen LogP contribution in [-0.2, 0) is 9.53 Å². The molecule has 1 rings (SSSR count). The summed E-state index contributed by atoms with van der Waals surface area (Å²) < 4.78 is 7.45. The van der Waals surface area contributed by atoms with Gasteiger partial charge in [-0.3, -0.25) is 4.79 Å². The molecular weight excluding hydrogens is 292 g/mol. The van der Waals surface area contributed by atoms with Crippen molar-refractivity contribution in [3.8, 4) is 0 Å². The van der Waals surface area contributed by atoms with Crippen molar-refractivity contribution in [3.05, 3.63) is 0 Å². The summed E-state index contributed by atoms with van der Waals surface area (Å²) in [7, 11) is 13.0. The standard InChI is InChI=1S/C14H30N2O2S2/c1-15(2,3)7-9-19-13(17)11-12-14(18-12)20-10-8-16(4,5)6/h12,14H,7-11H2,1-6H3/q+2. The van der Waals surface area contributed by atoms with Crippen LogP contribution >= 0.6 is 23.5 Å². The Hall–Kier alpha value is 0.250. The molecule has 1 aliphatic heterocycles. The third kappa shape index (κ3) is 9.23. The number of carbonyl (C=O) groups excluding carboxylic acids is 1. The summed E-state index contributed by atoms with van der Waals surface area (Å²) in [4.78, 5) is 11.8. The van der Waals surface area contributed by atoms with Crippen molar-refractivity contribution >= 4 is 28.6 Å². The van der Waals surface area contributed by atoms with Gasteiger partial charge in [0.05, 0.1) is 61.1 Å². The quantitative estimate of drug-likeness (QED) is 0.475. The highest BCUT2D eigenvalue weighted by molar-refractivity contribution is 8.13. The Morgan fingerprint density at radius 3 is 2.10 bits per heavy atom. The van der Waals surface area contributed by atoms with Crippen molar-refractivity contribution < 1.29 is 18.5 Å². The van der Waals surface area contributed by atoms with Crippen LogP contribution < -0.4 is 0 Å². The van der Waals surface area contributed by atoms with Crippen LogP contribution in [0.25, 0.3) is 0 Å². The first-order chi connectivity index (χ1) is 9.07. The third-order valence-corrected chi connectivity index (χ3v) is 5.01. The van der Waals surface area contributed by atoms with Gasteiger partial charge in [0.25, 0.3) is 0 Å². The van der Waals surface area contributed by atoms with Crippen molar-refractivity contribution in [2.45, 2.75) is 18.0 Å². The Morgan fingerprint density at radius 1 is 1.00 bits per heavy atom. The van der Waals surface area contributed by atoms with Gasteiger partial charge in [0, 0.05) is 12.2 Å². The molecule has 4 nitrogen and oxygen atoms in total. The molecule has 0 spiro atoms. The summed E-state index contributed by atoms with van der Waals surface area (Å²) in [5.41, 5.74) is 0.254. The number of quaternary nitrogens is 2. The lowest BCUT2D eigenvalue weighted by molar-refractivity contribution is -0.867. The van der Waals surface area contributed by atoms with Gasteiger partial charge in [-0.25, -0.2) is 0 Å². The largest absolute Gasteiger partial charge is 0.357 e. The maximum absolute atomic E-state index is 11.8. The molecule has 0 bridgehead atoms. The topological polar surface area (TPSA) is 29.6 Å². The molecule has 0 radical (unpaired) electrons. The highest BCUT2D eigenvalue weighted by Crippen LogP contribution is 2.36. The Labute approximate surface area is 132 Å². The summed E-state index contributed by atoms with van der Waals surface area (Å²) in [5.74, 6) is 1.99. The summed E-state index contributed by atoms with van der Waals surface area (Å²) in [6.07, 6.45) is 0.737. The average molecular weight is 323 g/mol. The van der Waals surface area contributed by atoms with Crippen LogP contribution in [0.5, 0.6) is 0 Å². The number of ether oxygens (including phenoxy) is 1. The number of carbonyl (C=O) groups is 1. The molecule has 0 aromatic carbocycles. The molecule has 20 heavy (non-hydrogen) atoms. The van der Waals surface area contributed by atoms with Gasteiger partial charge in [0.15, 0.2) is 5.12 Å². The predicted molar refractivity (Wildman–Crippen MR) is 89.0 cm³/mol. The lowest BCUT2D eigenvalue weighted by Gasteiger charge is -2.23. The first-order valence-corrected chi connectivity index (χ1v) is 9.14. The van der Waals surface area contributed by atoms with Crippen LogP contribution in [-0.4, -0.2) is 92.5 Å². The smallest absolute Gasteiger partial charge is 0.191 e. The van der Waals surface area contributed by atoms with E-state index in [1.165, 1.54) is 11.8 Å². The first-order valence-electron chi connectivity index (χ1n) is 7.10. The number of epoxide rings is 1. The van der Waals surface area contributed by atoms with Crippen LogP contribution in [0.1, 0.15) is 6.42 Å². The average Bonchev–Trinajstić information content (AvgIpc) is 2.92. The summed E-state index contributed by atoms with van der Waals surface area (Å²) in [6, 6.07) is 0. The number of nitrogens with zero attached hydrogens (tertiary/aromatic N) is 2. The molecule has 2 unspecified atom stereocenters. The van der Waals surface area contributed by atoms with E-state index in [1.807, 2.05) is 11.8 Å². The highest BCUT2D eigenvalue weighted by Gasteiger charge is 2.40. The maximum atomic E-state index is 11.8. The zero-order chi connectivity index (χ0) is 15.4. The molecule has 1 heterocycles. The van der Waals surface area contributed by atoms with Crippen LogP contribution in [0.3, 0.4) is 0 Å². The van der Waals surface area contributed by atoms with Gasteiger partial charge in [0.2, 0.25) is 0 Å². The Bertz CT molecular complexity index is 324. The van der Waals surface area contributed by atoms with Crippen LogP contribution in [0.15, 0.2) is 0 Å². The fourth-order valence-corrected chi connectivity index (χ4v) is 4.08. The van der Waals surface area contributed by atoms with E-state index in [-0.39, 0.29) is 16.7 Å². The van der Waals surface area contributed by atoms with Gasteiger partial charge in [-0.15, -0.1) is 11.8 Å². The molecule has 0 aliphatic carbocycles. The lowest BCUT2D eigenvalue weighted by atomic mass is 10.4. The van der Waals surface area contributed by atoms with E-state index in [1.54, 1.807) is 0 Å². The van der Waals surface area contributed by atoms with Crippen LogP contribution in [0.4, 0.5) is 0 Å². The van der Waals surface area contributed by atoms with Crippen LogP contribution in [0.2, 0.25) is 0 Å². The van der Waals surface area contributed by atoms with Gasteiger partial charge in [0.1, 0.15) is 11.5 Å². The van der Waals surface area contributed by atoms with Gasteiger partial charge < -0.3 is 13.7 Å². The van der Waals surface area contributed by atoms with Crippen molar-refractivity contribution in [2.24, 2.45) is 0 Å². The molecule has 1 fully saturated rings. The van der Waals surface area contributed by atoms with E-state index < -0.39 is 0 Å². The van der Waals surface area contributed by atoms with E-state index in [0.717, 1.165) is 33.6 Å². The van der Waals surface area contributed by atoms with E-state index in [4.69, 9.17) is 4.74 Å². The minimum Gasteiger partial charge on any atom is -0.357 e. The number of thioether (sulfide) groups is 2. The zero-order valence-corrected chi connectivity index (χ0v) is 15.4. The zero-order valence-electron chi connectivity index (χ0n) is 13.7. The van der Waals surface area contributed by atoms with Gasteiger partial charge in [-0.1, -0.05) is 11.8 Å². The number of hydrogen-bond donors (Lipinski definition) is 0. The van der Waals surface area contributed by atoms with Crippen LogP contribution in [0, 0.1) is 0 Å². The monoisotopic (exact) mass is 322 g/mol. The van der Waals surface area contributed by atoms with Gasteiger partial charge in [-0.2, -0.15) is 0 Å². The normalized spacial score (nSPS) is 22.9. The molecule has 0 aromatic heterocycles. The van der Waals surface area contributed by atoms with E-state index in [9.17, 15) is 4.79 Å². The van der Waals surface area contributed by atoms with Crippen molar-refractivity contribution in [1.82, 2.24) is 0 Å². The number of rotatable bonds is 9. The minimum atomic E-state index is 0.164. The minimum absolute atomic E-state index is 0.164.